The molecule has 1 unspecified atom stereocenters. The second-order valence-corrected chi connectivity index (χ2v) is 23.2. The van der Waals surface area contributed by atoms with Gasteiger partial charge in [-0.15, -0.1) is 4.72 Å². The number of carbonyl (C=O) groups is 2. The van der Waals surface area contributed by atoms with Gasteiger partial charge < -0.3 is 32.8 Å². The van der Waals surface area contributed by atoms with Crippen LogP contribution in [0.15, 0.2) is 30.6 Å². The molecule has 1 N–H and O–H groups in total. The summed E-state index contributed by atoms with van der Waals surface area (Å²) in [5.74, 6) is 0.270. The third-order valence-corrected chi connectivity index (χ3v) is 12.5. The molecule has 1 fully saturated rings. The molecule has 0 saturated carbocycles. The zero-order valence-corrected chi connectivity index (χ0v) is 35.0. The first kappa shape index (κ1) is 42.8. The van der Waals surface area contributed by atoms with Gasteiger partial charge in [-0.25, -0.2) is 14.6 Å². The van der Waals surface area contributed by atoms with Crippen molar-refractivity contribution in [1.82, 2.24) is 19.3 Å². The lowest BCUT2D eigenvalue weighted by atomic mass is 10.0. The average molecular weight is 776 g/mol. The van der Waals surface area contributed by atoms with Crippen molar-refractivity contribution in [3.8, 4) is 11.3 Å². The minimum atomic E-state index is -1.35. The number of hydrogen-bond acceptors (Lipinski definition) is 10. The maximum Gasteiger partial charge on any atom is 0.434 e. The van der Waals surface area contributed by atoms with E-state index in [0.29, 0.717) is 31.1 Å². The van der Waals surface area contributed by atoms with Crippen LogP contribution in [-0.4, -0.2) is 82.9 Å². The Hall–Kier alpha value is -2.92. The van der Waals surface area contributed by atoms with Gasteiger partial charge in [0.05, 0.1) is 44.0 Å². The van der Waals surface area contributed by atoms with Gasteiger partial charge >= 0.3 is 12.2 Å². The first-order valence-corrected chi connectivity index (χ1v) is 23.8. The molecule has 1 aromatic carbocycles. The number of hydrogen-bond donors (Lipinski definition) is 1. The standard InChI is InChI=1S/C38H61N5O8SSi/c1-10-38(50-22-23-51-38)20-15-13-14-16-31(40-52(46)37(4,5)6)34-39-27-33(41(34)28-47-24-25-53(7,8)9)29-17-18-32-30(26-29)19-21-42(35(44)48-11-2)43(32)36(45)49-12-3/h17-19,21,26-27,31,40H,10-16,20,22-25,28H2,1-9H3/t31-,52?/m0/s1. The van der Waals surface area contributed by atoms with Crippen LogP contribution in [0.3, 0.4) is 0 Å². The number of amides is 2. The van der Waals surface area contributed by atoms with Crippen LogP contribution in [0.5, 0.6) is 0 Å². The summed E-state index contributed by atoms with van der Waals surface area (Å²) in [6.45, 7) is 20.8. The molecule has 1 saturated heterocycles. The molecule has 1 aromatic heterocycles. The molecule has 3 heterocycles. The van der Waals surface area contributed by atoms with Crippen molar-refractivity contribution < 1.29 is 37.8 Å². The van der Waals surface area contributed by atoms with Gasteiger partial charge in [0, 0.05) is 49.8 Å². The number of hydrazine groups is 1. The Balaban J connectivity index is 1.67. The van der Waals surface area contributed by atoms with E-state index in [1.807, 2.05) is 39.1 Å². The highest BCUT2D eigenvalue weighted by atomic mass is 32.2. The highest BCUT2D eigenvalue weighted by Crippen LogP contribution is 2.36. The number of benzene rings is 1. The molecule has 4 rings (SSSR count). The third-order valence-electron chi connectivity index (χ3n) is 9.18. The first-order chi connectivity index (χ1) is 25.1. The number of nitrogens with zero attached hydrogens (tertiary/aromatic N) is 4. The fraction of sp³-hybridized carbons (Fsp3) is 0.658. The minimum Gasteiger partial charge on any atom is -0.598 e. The van der Waals surface area contributed by atoms with Gasteiger partial charge in [0.15, 0.2) is 5.79 Å². The number of aromatic nitrogens is 2. The van der Waals surface area contributed by atoms with Gasteiger partial charge in [-0.1, -0.05) is 45.5 Å². The van der Waals surface area contributed by atoms with E-state index in [9.17, 15) is 14.1 Å². The molecule has 0 aliphatic carbocycles. The predicted molar refractivity (Wildman–Crippen MR) is 211 cm³/mol. The molecule has 53 heavy (non-hydrogen) atoms. The van der Waals surface area contributed by atoms with Gasteiger partial charge in [-0.3, -0.25) is 0 Å². The van der Waals surface area contributed by atoms with Gasteiger partial charge in [0.2, 0.25) is 0 Å². The van der Waals surface area contributed by atoms with Crippen molar-refractivity contribution in [2.24, 2.45) is 0 Å². The van der Waals surface area contributed by atoms with Crippen LogP contribution in [-0.2, 0) is 41.8 Å². The molecule has 0 spiro atoms. The average Bonchev–Trinajstić information content (AvgIpc) is 3.76. The fourth-order valence-corrected chi connectivity index (χ4v) is 7.73. The van der Waals surface area contributed by atoms with Crippen LogP contribution < -0.4 is 9.73 Å². The molecule has 13 nitrogen and oxygen atoms in total. The summed E-state index contributed by atoms with van der Waals surface area (Å²) >= 11 is -1.35. The van der Waals surface area contributed by atoms with E-state index in [1.165, 1.54) is 11.2 Å². The Morgan fingerprint density at radius 2 is 1.75 bits per heavy atom. The molecule has 0 radical (unpaired) electrons. The van der Waals surface area contributed by atoms with Gasteiger partial charge in [0.1, 0.15) is 23.3 Å². The molecule has 15 heteroatoms. The number of imidazole rings is 1. The lowest BCUT2D eigenvalue weighted by Crippen LogP contribution is -2.49. The van der Waals surface area contributed by atoms with E-state index in [4.69, 9.17) is 28.7 Å². The number of carbonyl (C=O) groups excluding carboxylic acids is 2. The monoisotopic (exact) mass is 775 g/mol. The Morgan fingerprint density at radius 1 is 1.06 bits per heavy atom. The summed E-state index contributed by atoms with van der Waals surface area (Å²) in [4.78, 5) is 30.9. The smallest absolute Gasteiger partial charge is 0.434 e. The van der Waals surface area contributed by atoms with Crippen LogP contribution in [0, 0.1) is 0 Å². The topological polar surface area (TPSA) is 140 Å². The summed E-state index contributed by atoms with van der Waals surface area (Å²) in [7, 11) is -1.34. The quantitative estimate of drug-likeness (QED) is 0.0893. The van der Waals surface area contributed by atoms with E-state index < -0.39 is 42.2 Å². The maximum atomic E-state index is 13.6. The molecule has 0 bridgehead atoms. The van der Waals surface area contributed by atoms with Gasteiger partial charge in [-0.05, 0) is 78.1 Å². The zero-order chi connectivity index (χ0) is 38.8. The van der Waals surface area contributed by atoms with Gasteiger partial charge in [0.25, 0.3) is 0 Å². The first-order valence-electron chi connectivity index (χ1n) is 19.0. The Labute approximate surface area is 320 Å². The summed E-state index contributed by atoms with van der Waals surface area (Å²) in [6.07, 6.45) is 8.90. The summed E-state index contributed by atoms with van der Waals surface area (Å²) in [6, 6.07) is 6.33. The van der Waals surface area contributed by atoms with E-state index in [1.54, 1.807) is 26.0 Å². The third kappa shape index (κ3) is 11.5. The van der Waals surface area contributed by atoms with Crippen molar-refractivity contribution in [2.45, 2.75) is 129 Å². The van der Waals surface area contributed by atoms with Gasteiger partial charge in [-0.2, -0.15) is 10.0 Å². The van der Waals surface area contributed by atoms with Crippen LogP contribution >= 0.6 is 0 Å². The highest BCUT2D eigenvalue weighted by molar-refractivity contribution is 7.90. The molecule has 2 aromatic rings. The molecule has 2 amide bonds. The Kier molecular flexibility index (Phi) is 15.4. The SMILES string of the molecule is CCOC(=O)N1C=Cc2cc(-c3cnc([C@H](CCCCCC4(CC)OCCO4)N[S+]([O-])C(C)(C)C)n3COCC[Si](C)(C)C)ccc2N1C(=O)OCC. The van der Waals surface area contributed by atoms with Crippen molar-refractivity contribution in [3.05, 3.63) is 42.0 Å². The summed E-state index contributed by atoms with van der Waals surface area (Å²) < 4.78 is 47.3. The largest absolute Gasteiger partial charge is 0.598 e. The van der Waals surface area contributed by atoms with E-state index in [-0.39, 0.29) is 26.0 Å². The predicted octanol–water partition coefficient (Wildman–Crippen LogP) is 8.38. The second kappa shape index (κ2) is 19.1. The van der Waals surface area contributed by atoms with E-state index in [2.05, 4.69) is 35.9 Å². The van der Waals surface area contributed by atoms with Crippen molar-refractivity contribution >= 4 is 43.4 Å². The van der Waals surface area contributed by atoms with E-state index >= 15 is 0 Å². The maximum absolute atomic E-state index is 13.6. The number of fused-ring (bicyclic) bond motifs is 1. The van der Waals surface area contributed by atoms with Crippen LogP contribution in [0.2, 0.25) is 25.7 Å². The van der Waals surface area contributed by atoms with Crippen LogP contribution in [0.25, 0.3) is 17.3 Å². The Morgan fingerprint density at radius 3 is 2.40 bits per heavy atom. The number of ether oxygens (including phenoxy) is 5. The lowest BCUT2D eigenvalue weighted by Gasteiger charge is -2.34. The zero-order valence-electron chi connectivity index (χ0n) is 33.2. The lowest BCUT2D eigenvalue weighted by molar-refractivity contribution is -0.164. The second-order valence-electron chi connectivity index (χ2n) is 15.5. The number of anilines is 1. The molecule has 2 aliphatic rings. The molecule has 2 atom stereocenters. The number of unbranched alkanes of at least 4 members (excludes halogenated alkanes) is 2. The molecule has 2 aliphatic heterocycles. The number of nitrogens with one attached hydrogen (secondary N) is 1. The van der Waals surface area contributed by atoms with Crippen molar-refractivity contribution in [2.75, 3.05) is 38.0 Å². The molecule has 296 valence electrons. The molecular weight excluding hydrogens is 715 g/mol. The van der Waals surface area contributed by atoms with Crippen LogP contribution in [0.1, 0.15) is 97.5 Å². The fourth-order valence-electron chi connectivity index (χ4n) is 6.13. The van der Waals surface area contributed by atoms with Crippen molar-refractivity contribution in [3.63, 3.8) is 0 Å². The highest BCUT2D eigenvalue weighted by Gasteiger charge is 2.36. The minimum absolute atomic E-state index is 0.139. The Bertz CT molecular complexity index is 1540. The summed E-state index contributed by atoms with van der Waals surface area (Å²) in [5, 5.41) is 2.29. The normalized spacial score (nSPS) is 16.8. The van der Waals surface area contributed by atoms with E-state index in [0.717, 1.165) is 66.7 Å². The molecular formula is C38H61N5O8SSi. The summed E-state index contributed by atoms with van der Waals surface area (Å²) in [5.41, 5.74) is 2.83. The number of rotatable bonds is 18. The van der Waals surface area contributed by atoms with Crippen LogP contribution in [0.4, 0.5) is 15.3 Å². The van der Waals surface area contributed by atoms with Crippen molar-refractivity contribution in [1.29, 1.82) is 0 Å².